The number of carbonyl (C=O) groups is 1. The van der Waals surface area contributed by atoms with E-state index in [1.165, 1.54) is 18.2 Å². The van der Waals surface area contributed by atoms with Crippen molar-refractivity contribution < 1.29 is 19.4 Å². The maximum atomic E-state index is 11.4. The molecule has 0 atom stereocenters. The van der Waals surface area contributed by atoms with Gasteiger partial charge in [0.15, 0.2) is 5.58 Å². The van der Waals surface area contributed by atoms with Gasteiger partial charge in [-0.25, -0.2) is 9.78 Å². The van der Waals surface area contributed by atoms with Gasteiger partial charge < -0.3 is 14.6 Å². The number of hydrogen-bond acceptors (Lipinski definition) is 5. The van der Waals surface area contributed by atoms with Gasteiger partial charge >= 0.3 is 5.97 Å². The molecule has 0 aliphatic carbocycles. The van der Waals surface area contributed by atoms with Gasteiger partial charge in [0, 0.05) is 0 Å². The number of thioether (sulfide) groups is 1. The molecule has 0 aliphatic rings. The average molecular weight is 313 g/mol. The van der Waals surface area contributed by atoms with Crippen LogP contribution in [0.5, 0.6) is 5.75 Å². The fourth-order valence-electron chi connectivity index (χ4n) is 1.85. The van der Waals surface area contributed by atoms with E-state index in [9.17, 15) is 15.0 Å². The molecule has 2 aromatic carbocycles. The van der Waals surface area contributed by atoms with Gasteiger partial charge in [0.1, 0.15) is 16.2 Å². The molecule has 1 heterocycles. The summed E-state index contributed by atoms with van der Waals surface area (Å²) in [6.07, 6.45) is 1.50. The number of nitrogens with zero attached hydrogens (tertiary/aromatic N) is 1. The van der Waals surface area contributed by atoms with Crippen LogP contribution in [-0.4, -0.2) is 21.2 Å². The van der Waals surface area contributed by atoms with Crippen molar-refractivity contribution in [1.29, 1.82) is 0 Å². The fourth-order valence-corrected chi connectivity index (χ4v) is 2.59. The van der Waals surface area contributed by atoms with Crippen LogP contribution >= 0.6 is 11.8 Å². The van der Waals surface area contributed by atoms with Gasteiger partial charge in [-0.3, -0.25) is 0 Å². The SMILES string of the molecule is O=C(O)/C(=C/c1ccc(O)cc1)Sc1nc2ccccc2o1. The lowest BCUT2D eigenvalue weighted by atomic mass is 10.2. The standard InChI is InChI=1S/C16H11NO4S/c18-11-7-5-10(6-8-11)9-14(15(19)20)22-16-17-12-3-1-2-4-13(12)21-16/h1-9,18H,(H,19,20)/b14-9-. The van der Waals surface area contributed by atoms with E-state index in [0.29, 0.717) is 16.7 Å². The van der Waals surface area contributed by atoms with E-state index in [1.54, 1.807) is 24.3 Å². The number of aromatic nitrogens is 1. The van der Waals surface area contributed by atoms with Crippen molar-refractivity contribution in [3.63, 3.8) is 0 Å². The molecular weight excluding hydrogens is 302 g/mol. The highest BCUT2D eigenvalue weighted by atomic mass is 32.2. The molecule has 0 bridgehead atoms. The van der Waals surface area contributed by atoms with Crippen LogP contribution in [0.15, 0.2) is 63.1 Å². The Morgan fingerprint density at radius 2 is 1.86 bits per heavy atom. The second-order valence-corrected chi connectivity index (χ2v) is 5.45. The second kappa shape index (κ2) is 5.95. The number of hydrogen-bond donors (Lipinski definition) is 2. The zero-order chi connectivity index (χ0) is 15.5. The molecule has 0 fully saturated rings. The van der Waals surface area contributed by atoms with Crippen LogP contribution in [0.3, 0.4) is 0 Å². The number of aromatic hydroxyl groups is 1. The molecule has 2 N–H and O–H groups in total. The number of rotatable bonds is 4. The van der Waals surface area contributed by atoms with Crippen LogP contribution in [0, 0.1) is 0 Å². The molecule has 0 amide bonds. The van der Waals surface area contributed by atoms with Gasteiger partial charge in [-0.1, -0.05) is 24.3 Å². The van der Waals surface area contributed by atoms with E-state index in [1.807, 2.05) is 12.1 Å². The fraction of sp³-hybridized carbons (Fsp3) is 0. The summed E-state index contributed by atoms with van der Waals surface area (Å²) in [5.74, 6) is -0.944. The van der Waals surface area contributed by atoms with Crippen LogP contribution in [-0.2, 0) is 4.79 Å². The molecule has 3 aromatic rings. The Morgan fingerprint density at radius 1 is 1.14 bits per heavy atom. The van der Waals surface area contributed by atoms with Crippen LogP contribution in [0.2, 0.25) is 0 Å². The average Bonchev–Trinajstić information content (AvgIpc) is 2.91. The predicted molar refractivity (Wildman–Crippen MR) is 83.6 cm³/mol. The van der Waals surface area contributed by atoms with Gasteiger partial charge in [-0.15, -0.1) is 0 Å². The van der Waals surface area contributed by atoms with Gasteiger partial charge in [-0.05, 0) is 47.7 Å². The molecule has 22 heavy (non-hydrogen) atoms. The number of phenolic OH excluding ortho intramolecular Hbond substituents is 1. The third-order valence-corrected chi connectivity index (χ3v) is 3.73. The van der Waals surface area contributed by atoms with Crippen LogP contribution in [0.25, 0.3) is 17.2 Å². The zero-order valence-electron chi connectivity index (χ0n) is 11.3. The molecular formula is C16H11NO4S. The summed E-state index contributed by atoms with van der Waals surface area (Å²) in [5.41, 5.74) is 1.96. The van der Waals surface area contributed by atoms with E-state index in [0.717, 1.165) is 11.8 Å². The van der Waals surface area contributed by atoms with E-state index >= 15 is 0 Å². The third kappa shape index (κ3) is 3.12. The van der Waals surface area contributed by atoms with E-state index in [4.69, 9.17) is 4.42 Å². The van der Waals surface area contributed by atoms with Crippen molar-refractivity contribution in [3.05, 3.63) is 59.0 Å². The first-order valence-electron chi connectivity index (χ1n) is 6.39. The first kappa shape index (κ1) is 14.2. The summed E-state index contributed by atoms with van der Waals surface area (Å²) in [7, 11) is 0. The lowest BCUT2D eigenvalue weighted by Gasteiger charge is -1.99. The van der Waals surface area contributed by atoms with Crippen molar-refractivity contribution in [1.82, 2.24) is 4.98 Å². The molecule has 0 aliphatic heterocycles. The number of phenols is 1. The summed E-state index contributed by atoms with van der Waals surface area (Å²) in [6, 6.07) is 13.5. The smallest absolute Gasteiger partial charge is 0.342 e. The topological polar surface area (TPSA) is 83.6 Å². The maximum absolute atomic E-state index is 11.4. The number of para-hydroxylation sites is 2. The van der Waals surface area contributed by atoms with Crippen molar-refractivity contribution in [3.8, 4) is 5.75 Å². The lowest BCUT2D eigenvalue weighted by Crippen LogP contribution is -1.96. The number of oxazole rings is 1. The Balaban J connectivity index is 1.91. The monoisotopic (exact) mass is 313 g/mol. The summed E-state index contributed by atoms with van der Waals surface area (Å²) in [6.45, 7) is 0. The molecule has 0 spiro atoms. The highest BCUT2D eigenvalue weighted by Crippen LogP contribution is 2.30. The summed E-state index contributed by atoms with van der Waals surface area (Å²) >= 11 is 0.943. The van der Waals surface area contributed by atoms with Gasteiger partial charge in [0.25, 0.3) is 5.22 Å². The number of fused-ring (bicyclic) bond motifs is 1. The summed E-state index contributed by atoms with van der Waals surface area (Å²) < 4.78 is 5.51. The number of aliphatic carboxylic acids is 1. The molecule has 6 heteroatoms. The highest BCUT2D eigenvalue weighted by molar-refractivity contribution is 8.03. The van der Waals surface area contributed by atoms with Gasteiger partial charge in [0.2, 0.25) is 0 Å². The molecule has 0 saturated carbocycles. The lowest BCUT2D eigenvalue weighted by molar-refractivity contribution is -0.131. The van der Waals surface area contributed by atoms with Crippen molar-refractivity contribution in [2.24, 2.45) is 0 Å². The predicted octanol–water partition coefficient (Wildman–Crippen LogP) is 3.75. The first-order valence-corrected chi connectivity index (χ1v) is 7.21. The quantitative estimate of drug-likeness (QED) is 0.564. The third-order valence-electron chi connectivity index (χ3n) is 2.87. The first-order chi connectivity index (χ1) is 10.6. The minimum atomic E-state index is -1.07. The molecule has 0 radical (unpaired) electrons. The summed E-state index contributed by atoms with van der Waals surface area (Å²) in [5, 5.41) is 18.8. The second-order valence-electron chi connectivity index (χ2n) is 4.45. The van der Waals surface area contributed by atoms with Crippen molar-refractivity contribution >= 4 is 34.9 Å². The molecule has 0 saturated heterocycles. The van der Waals surface area contributed by atoms with Gasteiger partial charge in [-0.2, -0.15) is 0 Å². The number of carboxylic acid groups (broad SMARTS) is 1. The Labute approximate surface area is 129 Å². The van der Waals surface area contributed by atoms with Gasteiger partial charge in [0.05, 0.1) is 0 Å². The molecule has 0 unspecified atom stereocenters. The molecule has 5 nitrogen and oxygen atoms in total. The van der Waals surface area contributed by atoms with E-state index in [-0.39, 0.29) is 15.9 Å². The maximum Gasteiger partial charge on any atom is 0.342 e. The minimum Gasteiger partial charge on any atom is -0.508 e. The Hall–Kier alpha value is -2.73. The van der Waals surface area contributed by atoms with Crippen molar-refractivity contribution in [2.45, 2.75) is 5.22 Å². The van der Waals surface area contributed by atoms with E-state index in [2.05, 4.69) is 4.98 Å². The molecule has 110 valence electrons. The number of benzene rings is 2. The molecule has 1 aromatic heterocycles. The van der Waals surface area contributed by atoms with E-state index < -0.39 is 5.97 Å². The number of carboxylic acids is 1. The normalized spacial score (nSPS) is 11.7. The minimum absolute atomic E-state index is 0.0808. The van der Waals surface area contributed by atoms with Crippen LogP contribution in [0.1, 0.15) is 5.56 Å². The molecule has 3 rings (SSSR count). The Bertz CT molecular complexity index is 819. The van der Waals surface area contributed by atoms with Crippen LogP contribution < -0.4 is 0 Å². The largest absolute Gasteiger partial charge is 0.508 e. The highest BCUT2D eigenvalue weighted by Gasteiger charge is 2.14. The van der Waals surface area contributed by atoms with Crippen molar-refractivity contribution in [2.75, 3.05) is 0 Å². The zero-order valence-corrected chi connectivity index (χ0v) is 12.1. The Morgan fingerprint density at radius 3 is 2.55 bits per heavy atom. The summed E-state index contributed by atoms with van der Waals surface area (Å²) in [4.78, 5) is 15.7. The van der Waals surface area contributed by atoms with Crippen LogP contribution in [0.4, 0.5) is 0 Å². The Kier molecular flexibility index (Phi) is 3.84.